The summed E-state index contributed by atoms with van der Waals surface area (Å²) < 4.78 is 10.7. The van der Waals surface area contributed by atoms with Gasteiger partial charge < -0.3 is 19.9 Å². The zero-order valence-electron chi connectivity index (χ0n) is 13.5. The number of alkyl carbamates (subject to hydrolysis) is 1. The number of aliphatic hydroxyl groups is 1. The van der Waals surface area contributed by atoms with E-state index in [-0.39, 0.29) is 19.3 Å². The number of ether oxygens (including phenoxy) is 2. The van der Waals surface area contributed by atoms with Crippen LogP contribution in [0.3, 0.4) is 0 Å². The summed E-state index contributed by atoms with van der Waals surface area (Å²) in [6, 6.07) is 4.95. The second kappa shape index (κ2) is 7.71. The molecule has 1 amide bonds. The first kappa shape index (κ1) is 17.9. The molecule has 5 heteroatoms. The minimum absolute atomic E-state index is 0.104. The normalized spacial score (nSPS) is 12.2. The van der Waals surface area contributed by atoms with Gasteiger partial charge in [-0.25, -0.2) is 4.79 Å². The van der Waals surface area contributed by atoms with Crippen molar-refractivity contribution in [3.05, 3.63) is 29.3 Å². The summed E-state index contributed by atoms with van der Waals surface area (Å²) in [6.07, 6.45) is 4.87. The number of carbonyl (C=O) groups is 1. The number of amides is 1. The van der Waals surface area contributed by atoms with E-state index >= 15 is 0 Å². The lowest BCUT2D eigenvalue weighted by Crippen LogP contribution is -2.34. The predicted molar refractivity (Wildman–Crippen MR) is 84.7 cm³/mol. The number of terminal acetylenes is 1. The summed E-state index contributed by atoms with van der Waals surface area (Å²) in [5.41, 5.74) is 0.868. The van der Waals surface area contributed by atoms with Gasteiger partial charge in [0.25, 0.3) is 0 Å². The van der Waals surface area contributed by atoms with Gasteiger partial charge in [-0.3, -0.25) is 0 Å². The summed E-state index contributed by atoms with van der Waals surface area (Å²) in [5, 5.41) is 11.7. The highest BCUT2D eigenvalue weighted by Gasteiger charge is 2.20. The lowest BCUT2D eigenvalue weighted by Gasteiger charge is -2.23. The number of benzene rings is 1. The van der Waals surface area contributed by atoms with Crippen molar-refractivity contribution < 1.29 is 19.4 Å². The Bertz CT molecular complexity index is 555. The van der Waals surface area contributed by atoms with Crippen LogP contribution in [0.25, 0.3) is 0 Å². The lowest BCUT2D eigenvalue weighted by atomic mass is 10.0. The molecule has 0 bridgehead atoms. The summed E-state index contributed by atoms with van der Waals surface area (Å²) >= 11 is 0. The van der Waals surface area contributed by atoms with Gasteiger partial charge in [0.1, 0.15) is 18.0 Å². The third-order valence-electron chi connectivity index (χ3n) is 2.73. The fourth-order valence-corrected chi connectivity index (χ4v) is 1.82. The first-order valence-corrected chi connectivity index (χ1v) is 7.10. The number of rotatable bonds is 5. The van der Waals surface area contributed by atoms with E-state index in [1.54, 1.807) is 39.0 Å². The van der Waals surface area contributed by atoms with Crippen molar-refractivity contribution in [1.29, 1.82) is 0 Å². The molecule has 0 saturated carbocycles. The van der Waals surface area contributed by atoms with Gasteiger partial charge in [0.05, 0.1) is 12.6 Å². The number of hydrogen-bond acceptors (Lipinski definition) is 4. The fraction of sp³-hybridized carbons (Fsp3) is 0.471. The van der Waals surface area contributed by atoms with Crippen molar-refractivity contribution in [2.24, 2.45) is 0 Å². The number of nitrogens with one attached hydrogen (secondary N) is 1. The number of hydrogen-bond donors (Lipinski definition) is 2. The van der Waals surface area contributed by atoms with Gasteiger partial charge in [-0.2, -0.15) is 0 Å². The van der Waals surface area contributed by atoms with Crippen LogP contribution in [0.4, 0.5) is 4.79 Å². The number of aliphatic hydroxyl groups excluding tert-OH is 1. The Hall–Kier alpha value is -2.19. The molecule has 22 heavy (non-hydrogen) atoms. The smallest absolute Gasteiger partial charge is 0.408 e. The van der Waals surface area contributed by atoms with Crippen LogP contribution in [0.1, 0.15) is 44.9 Å². The van der Waals surface area contributed by atoms with Crippen molar-refractivity contribution in [1.82, 2.24) is 5.32 Å². The highest BCUT2D eigenvalue weighted by molar-refractivity contribution is 5.68. The summed E-state index contributed by atoms with van der Waals surface area (Å²) in [4.78, 5) is 11.8. The Morgan fingerprint density at radius 2 is 2.14 bits per heavy atom. The molecule has 120 valence electrons. The van der Waals surface area contributed by atoms with E-state index < -0.39 is 11.7 Å². The molecule has 1 aromatic rings. The van der Waals surface area contributed by atoms with Gasteiger partial charge >= 0.3 is 6.09 Å². The average Bonchev–Trinajstić information content (AvgIpc) is 2.42. The van der Waals surface area contributed by atoms with E-state index in [1.165, 1.54) is 0 Å². The zero-order chi connectivity index (χ0) is 16.8. The second-order valence-electron chi connectivity index (χ2n) is 5.84. The molecule has 0 spiro atoms. The van der Waals surface area contributed by atoms with Gasteiger partial charge in [0.15, 0.2) is 0 Å². The minimum Gasteiger partial charge on any atom is -0.491 e. The first-order chi connectivity index (χ1) is 10.3. The molecule has 1 aromatic carbocycles. The topological polar surface area (TPSA) is 67.8 Å². The van der Waals surface area contributed by atoms with Crippen LogP contribution in [-0.4, -0.2) is 30.0 Å². The SMILES string of the molecule is C#Cc1ccc([C@H](C)NC(=O)OC(C)(C)C)c(OCCO)c1. The molecule has 0 radical (unpaired) electrons. The summed E-state index contributed by atoms with van der Waals surface area (Å²) in [6.45, 7) is 7.27. The maximum Gasteiger partial charge on any atom is 0.408 e. The summed E-state index contributed by atoms with van der Waals surface area (Å²) in [7, 11) is 0. The first-order valence-electron chi connectivity index (χ1n) is 7.10. The minimum atomic E-state index is -0.562. The van der Waals surface area contributed by atoms with Gasteiger partial charge in [-0.05, 0) is 39.8 Å². The van der Waals surface area contributed by atoms with Crippen LogP contribution in [0.15, 0.2) is 18.2 Å². The van der Waals surface area contributed by atoms with E-state index in [1.807, 2.05) is 6.92 Å². The van der Waals surface area contributed by atoms with E-state index in [4.69, 9.17) is 21.0 Å². The molecule has 0 aromatic heterocycles. The van der Waals surface area contributed by atoms with Crippen molar-refractivity contribution >= 4 is 6.09 Å². The molecular formula is C17H23NO4. The highest BCUT2D eigenvalue weighted by atomic mass is 16.6. The zero-order valence-corrected chi connectivity index (χ0v) is 13.5. The standard InChI is InChI=1S/C17H23NO4/c1-6-13-7-8-14(15(11-13)21-10-9-19)12(2)18-16(20)22-17(3,4)5/h1,7-8,11-12,19H,9-10H2,2-5H3,(H,18,20)/t12-/m0/s1. The van der Waals surface area contributed by atoms with Gasteiger partial charge in [0.2, 0.25) is 0 Å². The van der Waals surface area contributed by atoms with Crippen LogP contribution >= 0.6 is 0 Å². The van der Waals surface area contributed by atoms with Gasteiger partial charge in [-0.15, -0.1) is 6.42 Å². The third-order valence-corrected chi connectivity index (χ3v) is 2.73. The largest absolute Gasteiger partial charge is 0.491 e. The van der Waals surface area contributed by atoms with Crippen molar-refractivity contribution in [2.75, 3.05) is 13.2 Å². The molecule has 1 atom stereocenters. The van der Waals surface area contributed by atoms with E-state index in [0.717, 1.165) is 5.56 Å². The third kappa shape index (κ3) is 5.66. The molecule has 5 nitrogen and oxygen atoms in total. The molecule has 0 saturated heterocycles. The lowest BCUT2D eigenvalue weighted by molar-refractivity contribution is 0.0507. The van der Waals surface area contributed by atoms with E-state index in [9.17, 15) is 4.79 Å². The fourth-order valence-electron chi connectivity index (χ4n) is 1.82. The molecule has 0 aliphatic carbocycles. The number of carbonyl (C=O) groups excluding carboxylic acids is 1. The summed E-state index contributed by atoms with van der Waals surface area (Å²) in [5.74, 6) is 3.06. The molecule has 0 unspecified atom stereocenters. The molecule has 0 heterocycles. The van der Waals surface area contributed by atoms with Gasteiger partial charge in [0, 0.05) is 11.1 Å². The molecule has 0 aliphatic heterocycles. The Labute approximate surface area is 131 Å². The second-order valence-corrected chi connectivity index (χ2v) is 5.84. The highest BCUT2D eigenvalue weighted by Crippen LogP contribution is 2.26. The molecule has 2 N–H and O–H groups in total. The van der Waals surface area contributed by atoms with E-state index in [0.29, 0.717) is 11.3 Å². The van der Waals surface area contributed by atoms with Crippen LogP contribution in [0.5, 0.6) is 5.75 Å². The quantitative estimate of drug-likeness (QED) is 0.821. The molecule has 1 rings (SSSR count). The maximum atomic E-state index is 11.8. The Balaban J connectivity index is 2.89. The van der Waals surface area contributed by atoms with Crippen LogP contribution < -0.4 is 10.1 Å². The van der Waals surface area contributed by atoms with Crippen molar-refractivity contribution in [3.63, 3.8) is 0 Å². The van der Waals surface area contributed by atoms with Crippen LogP contribution in [-0.2, 0) is 4.74 Å². The monoisotopic (exact) mass is 305 g/mol. The Kier molecular flexibility index (Phi) is 6.26. The molecular weight excluding hydrogens is 282 g/mol. The maximum absolute atomic E-state index is 11.8. The molecule has 0 fully saturated rings. The van der Waals surface area contributed by atoms with Crippen LogP contribution in [0.2, 0.25) is 0 Å². The predicted octanol–water partition coefficient (Wildman–Crippen LogP) is 2.62. The van der Waals surface area contributed by atoms with Crippen molar-refractivity contribution in [2.45, 2.75) is 39.3 Å². The van der Waals surface area contributed by atoms with Crippen molar-refractivity contribution in [3.8, 4) is 18.1 Å². The average molecular weight is 305 g/mol. The Morgan fingerprint density at radius 1 is 1.45 bits per heavy atom. The van der Waals surface area contributed by atoms with Gasteiger partial charge in [-0.1, -0.05) is 12.0 Å². The molecule has 0 aliphatic rings. The Morgan fingerprint density at radius 3 is 2.68 bits per heavy atom. The van der Waals surface area contributed by atoms with E-state index in [2.05, 4.69) is 11.2 Å². The van der Waals surface area contributed by atoms with Crippen LogP contribution in [0, 0.1) is 12.3 Å².